The smallest absolute Gasteiger partial charge is 0.134 e. The Morgan fingerprint density at radius 3 is 2.81 bits per heavy atom. The standard InChI is InChI=1S/C17H17ClINO/c18-14-6-7-16(19)17(10-14)21-15-8-9-20(12-15)11-13-4-2-1-3-5-13/h1-7,10,15H,8-9,11-12H2. The van der Waals surface area contributed by atoms with Gasteiger partial charge in [-0.2, -0.15) is 0 Å². The Morgan fingerprint density at radius 1 is 1.19 bits per heavy atom. The summed E-state index contributed by atoms with van der Waals surface area (Å²) in [6.07, 6.45) is 1.32. The minimum absolute atomic E-state index is 0.251. The highest BCUT2D eigenvalue weighted by Crippen LogP contribution is 2.27. The van der Waals surface area contributed by atoms with E-state index in [-0.39, 0.29) is 6.10 Å². The van der Waals surface area contributed by atoms with E-state index >= 15 is 0 Å². The van der Waals surface area contributed by atoms with E-state index in [2.05, 4.69) is 57.8 Å². The molecule has 2 nitrogen and oxygen atoms in total. The van der Waals surface area contributed by atoms with Crippen LogP contribution in [0.2, 0.25) is 5.02 Å². The highest BCUT2D eigenvalue weighted by Gasteiger charge is 2.24. The summed E-state index contributed by atoms with van der Waals surface area (Å²) in [5.41, 5.74) is 1.36. The average molecular weight is 414 g/mol. The van der Waals surface area contributed by atoms with Crippen molar-refractivity contribution in [1.29, 1.82) is 0 Å². The summed E-state index contributed by atoms with van der Waals surface area (Å²) in [6.45, 7) is 3.04. The Balaban J connectivity index is 1.58. The maximum Gasteiger partial charge on any atom is 0.134 e. The van der Waals surface area contributed by atoms with E-state index in [1.165, 1.54) is 5.56 Å². The molecule has 0 aliphatic carbocycles. The summed E-state index contributed by atoms with van der Waals surface area (Å²) in [4.78, 5) is 2.44. The molecule has 2 aromatic carbocycles. The lowest BCUT2D eigenvalue weighted by Gasteiger charge is -2.17. The number of likely N-dealkylation sites (tertiary alicyclic amines) is 1. The maximum atomic E-state index is 6.12. The van der Waals surface area contributed by atoms with Crippen molar-refractivity contribution in [2.45, 2.75) is 19.1 Å². The zero-order chi connectivity index (χ0) is 14.7. The lowest BCUT2D eigenvalue weighted by molar-refractivity contribution is 0.197. The van der Waals surface area contributed by atoms with Crippen LogP contribution in [0.25, 0.3) is 0 Å². The second-order valence-corrected chi connectivity index (χ2v) is 6.92. The summed E-state index contributed by atoms with van der Waals surface area (Å²) in [7, 11) is 0. The molecule has 3 rings (SSSR count). The van der Waals surface area contributed by atoms with E-state index in [1.807, 2.05) is 18.2 Å². The topological polar surface area (TPSA) is 12.5 Å². The quantitative estimate of drug-likeness (QED) is 0.679. The number of halogens is 2. The zero-order valence-electron chi connectivity index (χ0n) is 11.6. The van der Waals surface area contributed by atoms with Crippen molar-refractivity contribution in [3.05, 3.63) is 62.7 Å². The highest BCUT2D eigenvalue weighted by molar-refractivity contribution is 14.1. The molecule has 1 fully saturated rings. The summed E-state index contributed by atoms with van der Waals surface area (Å²) in [6, 6.07) is 16.4. The molecule has 1 atom stereocenters. The van der Waals surface area contributed by atoms with Crippen molar-refractivity contribution in [2.75, 3.05) is 13.1 Å². The van der Waals surface area contributed by atoms with Crippen LogP contribution in [-0.4, -0.2) is 24.1 Å². The molecule has 0 amide bonds. The van der Waals surface area contributed by atoms with Crippen LogP contribution < -0.4 is 4.74 Å². The molecule has 0 radical (unpaired) electrons. The fourth-order valence-corrected chi connectivity index (χ4v) is 3.25. The molecule has 1 heterocycles. The van der Waals surface area contributed by atoms with Gasteiger partial charge in [0.2, 0.25) is 0 Å². The first kappa shape index (κ1) is 15.1. The van der Waals surface area contributed by atoms with E-state index in [9.17, 15) is 0 Å². The van der Waals surface area contributed by atoms with Gasteiger partial charge >= 0.3 is 0 Å². The minimum atomic E-state index is 0.251. The summed E-state index contributed by atoms with van der Waals surface area (Å²) in [5, 5.41) is 0.726. The predicted molar refractivity (Wildman–Crippen MR) is 94.9 cm³/mol. The molecule has 0 saturated carbocycles. The SMILES string of the molecule is Clc1ccc(I)c(OC2CCN(Cc3ccccc3)C2)c1. The lowest BCUT2D eigenvalue weighted by atomic mass is 10.2. The molecule has 0 bridgehead atoms. The Kier molecular flexibility index (Phi) is 5.03. The van der Waals surface area contributed by atoms with Gasteiger partial charge in [0.15, 0.2) is 0 Å². The van der Waals surface area contributed by atoms with E-state index in [4.69, 9.17) is 16.3 Å². The molecule has 1 unspecified atom stereocenters. The van der Waals surface area contributed by atoms with Crippen LogP contribution in [0, 0.1) is 3.57 Å². The largest absolute Gasteiger partial charge is 0.488 e. The van der Waals surface area contributed by atoms with Crippen LogP contribution in [0.5, 0.6) is 5.75 Å². The molecule has 0 spiro atoms. The van der Waals surface area contributed by atoms with Crippen molar-refractivity contribution < 1.29 is 4.74 Å². The zero-order valence-corrected chi connectivity index (χ0v) is 14.5. The van der Waals surface area contributed by atoms with Crippen molar-refractivity contribution in [1.82, 2.24) is 4.90 Å². The van der Waals surface area contributed by atoms with Gasteiger partial charge in [-0.05, 0) is 52.8 Å². The molecule has 1 aliphatic heterocycles. The summed E-state index contributed by atoms with van der Waals surface area (Å²) < 4.78 is 7.23. The van der Waals surface area contributed by atoms with E-state index in [1.54, 1.807) is 0 Å². The first-order valence-corrected chi connectivity index (χ1v) is 8.54. The third-order valence-electron chi connectivity index (χ3n) is 3.67. The van der Waals surface area contributed by atoms with E-state index < -0.39 is 0 Å². The molecule has 1 saturated heterocycles. The average Bonchev–Trinajstić information content (AvgIpc) is 2.91. The van der Waals surface area contributed by atoms with Gasteiger partial charge in [0.05, 0.1) is 3.57 Å². The minimum Gasteiger partial charge on any atom is -0.488 e. The van der Waals surface area contributed by atoms with Gasteiger partial charge in [-0.25, -0.2) is 0 Å². The molecule has 4 heteroatoms. The molecular weight excluding hydrogens is 397 g/mol. The highest BCUT2D eigenvalue weighted by atomic mass is 127. The van der Waals surface area contributed by atoms with Gasteiger partial charge in [0.25, 0.3) is 0 Å². The number of ether oxygens (including phenoxy) is 1. The first-order valence-electron chi connectivity index (χ1n) is 7.09. The van der Waals surface area contributed by atoms with Gasteiger partial charge in [0, 0.05) is 24.7 Å². The van der Waals surface area contributed by atoms with Crippen molar-refractivity contribution in [2.24, 2.45) is 0 Å². The number of rotatable bonds is 4. The van der Waals surface area contributed by atoms with E-state index in [0.29, 0.717) is 0 Å². The normalized spacial score (nSPS) is 18.9. The Hall–Kier alpha value is -0.780. The lowest BCUT2D eigenvalue weighted by Crippen LogP contribution is -2.24. The third kappa shape index (κ3) is 4.11. The first-order chi connectivity index (χ1) is 10.2. The molecule has 21 heavy (non-hydrogen) atoms. The monoisotopic (exact) mass is 413 g/mol. The van der Waals surface area contributed by atoms with Crippen LogP contribution in [-0.2, 0) is 6.54 Å². The number of benzene rings is 2. The van der Waals surface area contributed by atoms with Crippen molar-refractivity contribution in [3.63, 3.8) is 0 Å². The van der Waals surface area contributed by atoms with Gasteiger partial charge in [-0.3, -0.25) is 4.90 Å². The van der Waals surface area contributed by atoms with Crippen LogP contribution in [0.3, 0.4) is 0 Å². The molecule has 1 aliphatic rings. The molecule has 110 valence electrons. The molecule has 0 aromatic heterocycles. The Morgan fingerprint density at radius 2 is 2.00 bits per heavy atom. The predicted octanol–water partition coefficient (Wildman–Crippen LogP) is 4.60. The second kappa shape index (κ2) is 6.99. The van der Waals surface area contributed by atoms with Crippen molar-refractivity contribution in [3.8, 4) is 5.75 Å². The second-order valence-electron chi connectivity index (χ2n) is 5.32. The Bertz CT molecular complexity index is 605. The van der Waals surface area contributed by atoms with E-state index in [0.717, 1.165) is 40.4 Å². The van der Waals surface area contributed by atoms with Crippen LogP contribution >= 0.6 is 34.2 Å². The van der Waals surface area contributed by atoms with Crippen LogP contribution in [0.4, 0.5) is 0 Å². The fraction of sp³-hybridized carbons (Fsp3) is 0.294. The Labute approximate surface area is 144 Å². The molecular formula is C17H17ClINO. The molecule has 0 N–H and O–H groups in total. The van der Waals surface area contributed by atoms with Gasteiger partial charge in [0.1, 0.15) is 11.9 Å². The summed E-state index contributed by atoms with van der Waals surface area (Å²) in [5.74, 6) is 0.898. The maximum absolute atomic E-state index is 6.12. The molecule has 2 aromatic rings. The van der Waals surface area contributed by atoms with Gasteiger partial charge in [-0.1, -0.05) is 41.9 Å². The van der Waals surface area contributed by atoms with Crippen LogP contribution in [0.15, 0.2) is 48.5 Å². The summed E-state index contributed by atoms with van der Waals surface area (Å²) >= 11 is 8.33. The number of nitrogens with zero attached hydrogens (tertiary/aromatic N) is 1. The van der Waals surface area contributed by atoms with Crippen LogP contribution in [0.1, 0.15) is 12.0 Å². The van der Waals surface area contributed by atoms with Gasteiger partial charge < -0.3 is 4.74 Å². The van der Waals surface area contributed by atoms with Gasteiger partial charge in [-0.15, -0.1) is 0 Å². The number of hydrogen-bond donors (Lipinski definition) is 0. The number of hydrogen-bond acceptors (Lipinski definition) is 2. The van der Waals surface area contributed by atoms with Crippen molar-refractivity contribution >= 4 is 34.2 Å². The third-order valence-corrected chi connectivity index (χ3v) is 4.79. The fourth-order valence-electron chi connectivity index (χ4n) is 2.63.